The van der Waals surface area contributed by atoms with E-state index >= 15 is 0 Å². The van der Waals surface area contributed by atoms with Gasteiger partial charge in [0.25, 0.3) is 0 Å². The van der Waals surface area contributed by atoms with Crippen molar-refractivity contribution in [2.45, 2.75) is 43.1 Å². The Bertz CT molecular complexity index is 873. The highest BCUT2D eigenvalue weighted by molar-refractivity contribution is 6.29. The fourth-order valence-corrected chi connectivity index (χ4v) is 4.08. The zero-order valence-corrected chi connectivity index (χ0v) is 16.5. The first-order valence-electron chi connectivity index (χ1n) is 9.32. The van der Waals surface area contributed by atoms with Crippen molar-refractivity contribution >= 4 is 29.2 Å². The summed E-state index contributed by atoms with van der Waals surface area (Å²) in [6, 6.07) is 7.33. The molecule has 0 aromatic heterocycles. The van der Waals surface area contributed by atoms with Crippen molar-refractivity contribution < 1.29 is 32.6 Å². The number of carboxylic acid groups (broad SMARTS) is 1. The number of rotatable bonds is 4. The second kappa shape index (κ2) is 8.69. The van der Waals surface area contributed by atoms with E-state index in [1.165, 1.54) is 12.2 Å². The first kappa shape index (κ1) is 22.2. The summed E-state index contributed by atoms with van der Waals surface area (Å²) in [4.78, 5) is 25.1. The number of carbonyl (C=O) groups is 2. The lowest BCUT2D eigenvalue weighted by Crippen LogP contribution is -2.51. The Morgan fingerprint density at radius 3 is 2.53 bits per heavy atom. The van der Waals surface area contributed by atoms with Crippen LogP contribution in [0.1, 0.15) is 31.2 Å². The van der Waals surface area contributed by atoms with E-state index in [9.17, 15) is 27.9 Å². The molecule has 1 aromatic rings. The highest BCUT2D eigenvalue weighted by atomic mass is 35.5. The normalized spacial score (nSPS) is 24.7. The third-order valence-corrected chi connectivity index (χ3v) is 5.38. The first-order valence-corrected chi connectivity index (χ1v) is 9.70. The van der Waals surface area contributed by atoms with Crippen LogP contribution >= 0.6 is 11.6 Å². The maximum absolute atomic E-state index is 13.1. The lowest BCUT2D eigenvalue weighted by atomic mass is 9.92. The van der Waals surface area contributed by atoms with E-state index in [1.807, 2.05) is 0 Å². The van der Waals surface area contributed by atoms with Gasteiger partial charge in [0.2, 0.25) is 5.91 Å². The summed E-state index contributed by atoms with van der Waals surface area (Å²) in [5.41, 5.74) is 0.655. The number of nitrogens with one attached hydrogen (secondary N) is 1. The number of allylic oxidation sites excluding steroid dienone is 2. The molecular weight excluding hydrogens is 425 g/mol. The summed E-state index contributed by atoms with van der Waals surface area (Å²) in [5.74, 6) is -0.606. The van der Waals surface area contributed by atoms with Crippen molar-refractivity contribution in [2.24, 2.45) is 0 Å². The van der Waals surface area contributed by atoms with Gasteiger partial charge in [0.1, 0.15) is 6.04 Å². The van der Waals surface area contributed by atoms with Crippen molar-refractivity contribution in [2.75, 3.05) is 6.54 Å². The lowest BCUT2D eigenvalue weighted by molar-refractivity contribution is -0.342. The quantitative estimate of drug-likeness (QED) is 0.671. The predicted octanol–water partition coefficient (Wildman–Crippen LogP) is 4.48. The Labute approximate surface area is 175 Å². The largest absolute Gasteiger partial charge is 0.524 e. The van der Waals surface area contributed by atoms with E-state index in [0.717, 1.165) is 4.90 Å². The molecular formula is C20H20ClF3N2O4. The van der Waals surface area contributed by atoms with Crippen molar-refractivity contribution in [3.05, 3.63) is 53.7 Å². The molecule has 162 valence electrons. The van der Waals surface area contributed by atoms with Crippen LogP contribution in [-0.2, 0) is 9.53 Å². The maximum atomic E-state index is 13.1. The smallest absolute Gasteiger partial charge is 0.465 e. The van der Waals surface area contributed by atoms with E-state index in [2.05, 4.69) is 10.1 Å². The number of alkyl halides is 4. The molecule has 2 aliphatic rings. The molecule has 6 nitrogen and oxygen atoms in total. The van der Waals surface area contributed by atoms with Gasteiger partial charge in [0, 0.05) is 24.2 Å². The number of benzene rings is 1. The van der Waals surface area contributed by atoms with E-state index in [1.54, 1.807) is 30.3 Å². The van der Waals surface area contributed by atoms with Crippen molar-refractivity contribution in [1.29, 1.82) is 0 Å². The number of hydrogen-bond acceptors (Lipinski definition) is 3. The third-order valence-electron chi connectivity index (χ3n) is 4.97. The molecule has 1 fully saturated rings. The summed E-state index contributed by atoms with van der Waals surface area (Å²) in [7, 11) is 0. The van der Waals surface area contributed by atoms with Crippen LogP contribution < -0.4 is 5.32 Å². The Kier molecular flexibility index (Phi) is 6.42. The van der Waals surface area contributed by atoms with Gasteiger partial charge in [-0.1, -0.05) is 48.0 Å². The van der Waals surface area contributed by atoms with Crippen LogP contribution in [0.3, 0.4) is 0 Å². The van der Waals surface area contributed by atoms with Gasteiger partial charge in [0.05, 0.1) is 0 Å². The first-order chi connectivity index (χ1) is 14.1. The number of carbonyl (C=O) groups excluding carboxylic acids is 1. The molecule has 0 saturated carbocycles. The number of nitrogens with zero attached hydrogens (tertiary/aromatic N) is 1. The lowest BCUT2D eigenvalue weighted by Gasteiger charge is -2.36. The van der Waals surface area contributed by atoms with Crippen LogP contribution in [0.5, 0.6) is 0 Å². The second-order valence-electron chi connectivity index (χ2n) is 7.07. The molecule has 1 saturated heterocycles. The summed E-state index contributed by atoms with van der Waals surface area (Å²) >= 11 is 6.30. The molecule has 2 atom stereocenters. The summed E-state index contributed by atoms with van der Waals surface area (Å²) in [6.07, 6.45) is -2.21. The molecule has 10 heteroatoms. The van der Waals surface area contributed by atoms with E-state index < -0.39 is 35.9 Å². The average Bonchev–Trinajstić information content (AvgIpc) is 2.67. The molecule has 0 spiro atoms. The predicted molar refractivity (Wildman–Crippen MR) is 103 cm³/mol. The van der Waals surface area contributed by atoms with Gasteiger partial charge in [-0.2, -0.15) is 0 Å². The Morgan fingerprint density at radius 1 is 1.20 bits per heavy atom. The minimum atomic E-state index is -5.01. The molecule has 0 bridgehead atoms. The summed E-state index contributed by atoms with van der Waals surface area (Å²) in [6.45, 7) is 0.223. The van der Waals surface area contributed by atoms with Crippen LogP contribution in [0.2, 0.25) is 0 Å². The zero-order chi connectivity index (χ0) is 21.9. The molecule has 1 aromatic carbocycles. The molecule has 1 aliphatic heterocycles. The van der Waals surface area contributed by atoms with E-state index in [-0.39, 0.29) is 17.8 Å². The highest BCUT2D eigenvalue weighted by Crippen LogP contribution is 2.45. The minimum absolute atomic E-state index is 0.102. The summed E-state index contributed by atoms with van der Waals surface area (Å²) in [5, 5.41) is 9.54. The van der Waals surface area contributed by atoms with Crippen LogP contribution in [0.4, 0.5) is 18.0 Å². The topological polar surface area (TPSA) is 78.9 Å². The molecule has 2 amide bonds. The van der Waals surface area contributed by atoms with Crippen molar-refractivity contribution in [3.63, 3.8) is 0 Å². The second-order valence-corrected chi connectivity index (χ2v) is 7.68. The van der Waals surface area contributed by atoms with Gasteiger partial charge in [-0.15, -0.1) is 13.2 Å². The number of hydrogen-bond donors (Lipinski definition) is 2. The SMILES string of the molecule is O=C(NC1=CC=C(c2ccccc2)C(Cl)(OC(F)(F)F)C1)[C@H]1CCCCN1C(=O)O. The zero-order valence-electron chi connectivity index (χ0n) is 15.8. The molecule has 1 heterocycles. The molecule has 30 heavy (non-hydrogen) atoms. The summed E-state index contributed by atoms with van der Waals surface area (Å²) < 4.78 is 43.5. The molecule has 0 radical (unpaired) electrons. The number of amides is 2. The van der Waals surface area contributed by atoms with Crippen molar-refractivity contribution in [3.8, 4) is 0 Å². The Balaban J connectivity index is 1.85. The van der Waals surface area contributed by atoms with E-state index in [4.69, 9.17) is 11.6 Å². The Hall–Kier alpha value is -2.52. The fraction of sp³-hybridized carbons (Fsp3) is 0.400. The third kappa shape index (κ3) is 5.14. The highest BCUT2D eigenvalue weighted by Gasteiger charge is 2.47. The number of piperidine rings is 1. The van der Waals surface area contributed by atoms with Crippen LogP contribution in [0.25, 0.3) is 5.57 Å². The monoisotopic (exact) mass is 444 g/mol. The van der Waals surface area contributed by atoms with Gasteiger partial charge >= 0.3 is 12.5 Å². The van der Waals surface area contributed by atoms with Gasteiger partial charge in [0.15, 0.2) is 5.06 Å². The number of halogens is 4. The molecule has 2 N–H and O–H groups in total. The van der Waals surface area contributed by atoms with Crippen molar-refractivity contribution in [1.82, 2.24) is 10.2 Å². The molecule has 1 unspecified atom stereocenters. The number of likely N-dealkylation sites (tertiary alicyclic amines) is 1. The number of ether oxygens (including phenoxy) is 1. The van der Waals surface area contributed by atoms with Crippen LogP contribution in [-0.4, -0.2) is 46.0 Å². The minimum Gasteiger partial charge on any atom is -0.465 e. The fourth-order valence-electron chi connectivity index (χ4n) is 3.67. The molecule has 3 rings (SSSR count). The molecule has 1 aliphatic carbocycles. The van der Waals surface area contributed by atoms with Gasteiger partial charge in [-0.3, -0.25) is 14.4 Å². The van der Waals surface area contributed by atoms with Gasteiger partial charge < -0.3 is 10.4 Å². The van der Waals surface area contributed by atoms with Crippen LogP contribution in [0.15, 0.2) is 48.2 Å². The van der Waals surface area contributed by atoms with Gasteiger partial charge in [-0.25, -0.2) is 4.79 Å². The van der Waals surface area contributed by atoms with E-state index in [0.29, 0.717) is 24.8 Å². The maximum Gasteiger partial charge on any atom is 0.524 e. The average molecular weight is 445 g/mol. The van der Waals surface area contributed by atoms with Crippen LogP contribution in [0, 0.1) is 0 Å². The standard InChI is InChI=1S/C20H20ClF3N2O4/c21-19(30-20(22,23)24)12-14(9-10-15(19)13-6-2-1-3-7-13)25-17(27)16-8-4-5-11-26(16)18(28)29/h1-3,6-7,9-10,16H,4-5,8,11-12H2,(H,25,27)(H,28,29)/t16-,19?/m1/s1. The van der Waals surface area contributed by atoms with Gasteiger partial charge in [-0.05, 0) is 30.9 Å². The Morgan fingerprint density at radius 2 is 1.90 bits per heavy atom.